The minimum absolute atomic E-state index is 0.00524. The van der Waals surface area contributed by atoms with Crippen molar-refractivity contribution in [2.24, 2.45) is 5.41 Å². The largest absolute Gasteiger partial charge is 0.413 e. The van der Waals surface area contributed by atoms with Crippen molar-refractivity contribution in [3.05, 3.63) is 0 Å². The smallest absolute Gasteiger partial charge is 0.192 e. The van der Waals surface area contributed by atoms with Gasteiger partial charge in [0.25, 0.3) is 0 Å². The fourth-order valence-electron chi connectivity index (χ4n) is 3.43. The van der Waals surface area contributed by atoms with Crippen LogP contribution in [0.15, 0.2) is 0 Å². The molecule has 0 N–H and O–H groups in total. The van der Waals surface area contributed by atoms with Crippen LogP contribution in [0.1, 0.15) is 65.7 Å². The summed E-state index contributed by atoms with van der Waals surface area (Å²) in [6, 6.07) is 0. The number of rotatable bonds is 2. The molecular formula is C16H30O2Si. The maximum absolute atomic E-state index is 12.4. The normalized spacial score (nSPS) is 28.1. The lowest BCUT2D eigenvalue weighted by molar-refractivity contribution is -0.127. The molecule has 3 heteroatoms. The number of Topliss-reactive ketones (excluding diaryl/α,β-unsaturated/α-hetero) is 1. The van der Waals surface area contributed by atoms with Crippen LogP contribution in [0.4, 0.5) is 0 Å². The van der Waals surface area contributed by atoms with Crippen molar-refractivity contribution >= 4 is 14.1 Å². The van der Waals surface area contributed by atoms with Gasteiger partial charge in [0, 0.05) is 11.8 Å². The van der Waals surface area contributed by atoms with E-state index in [1.54, 1.807) is 0 Å². The van der Waals surface area contributed by atoms with Crippen LogP contribution in [-0.2, 0) is 9.22 Å². The minimum atomic E-state index is -1.73. The molecule has 2 fully saturated rings. The molecule has 0 heterocycles. The van der Waals surface area contributed by atoms with Gasteiger partial charge in [0.15, 0.2) is 8.32 Å². The van der Waals surface area contributed by atoms with Gasteiger partial charge in [0.2, 0.25) is 0 Å². The van der Waals surface area contributed by atoms with Gasteiger partial charge in [-0.1, -0.05) is 40.0 Å². The molecule has 2 nitrogen and oxygen atoms in total. The van der Waals surface area contributed by atoms with Crippen molar-refractivity contribution < 1.29 is 9.22 Å². The van der Waals surface area contributed by atoms with E-state index in [4.69, 9.17) is 4.43 Å². The van der Waals surface area contributed by atoms with E-state index in [1.165, 1.54) is 19.3 Å². The molecule has 0 radical (unpaired) electrons. The SMILES string of the molecule is CC(C)(C)[Si](C)(C)O[C@H]1CC(=O)C2(CCCCC2)C1. The second kappa shape index (κ2) is 4.99. The standard InChI is InChI=1S/C16H30O2Si/c1-15(2,3)19(4,5)18-13-11-14(17)16(12-13)9-7-6-8-10-16/h13H,6-12H2,1-5H3/t13-/m0/s1. The van der Waals surface area contributed by atoms with Crippen LogP contribution in [0.5, 0.6) is 0 Å². The Labute approximate surface area is 119 Å². The Morgan fingerprint density at radius 1 is 1.16 bits per heavy atom. The first-order chi connectivity index (χ1) is 8.66. The Balaban J connectivity index is 2.03. The average Bonchev–Trinajstić information content (AvgIpc) is 2.54. The van der Waals surface area contributed by atoms with E-state index < -0.39 is 8.32 Å². The lowest BCUT2D eigenvalue weighted by atomic mass is 9.72. The lowest BCUT2D eigenvalue weighted by Crippen LogP contribution is -2.43. The number of carbonyl (C=O) groups is 1. The topological polar surface area (TPSA) is 26.3 Å². The summed E-state index contributed by atoms with van der Waals surface area (Å²) in [5.74, 6) is 0.496. The summed E-state index contributed by atoms with van der Waals surface area (Å²) < 4.78 is 6.48. The summed E-state index contributed by atoms with van der Waals surface area (Å²) in [7, 11) is -1.73. The van der Waals surface area contributed by atoms with Gasteiger partial charge in [-0.25, -0.2) is 0 Å². The molecule has 1 spiro atoms. The van der Waals surface area contributed by atoms with E-state index in [2.05, 4.69) is 33.9 Å². The fourth-order valence-corrected chi connectivity index (χ4v) is 4.79. The fraction of sp³-hybridized carbons (Fsp3) is 0.938. The monoisotopic (exact) mass is 282 g/mol. The molecule has 110 valence electrons. The molecule has 0 aromatic heterocycles. The second-order valence-electron chi connectivity index (χ2n) is 8.17. The predicted molar refractivity (Wildman–Crippen MR) is 81.8 cm³/mol. The van der Waals surface area contributed by atoms with Gasteiger partial charge in [-0.05, 0) is 37.4 Å². The highest BCUT2D eigenvalue weighted by Crippen LogP contribution is 2.49. The lowest BCUT2D eigenvalue weighted by Gasteiger charge is -2.39. The van der Waals surface area contributed by atoms with Crippen LogP contribution in [-0.4, -0.2) is 20.2 Å². The molecule has 0 amide bonds. The van der Waals surface area contributed by atoms with Gasteiger partial charge in [-0.2, -0.15) is 0 Å². The van der Waals surface area contributed by atoms with Crippen molar-refractivity contribution in [3.63, 3.8) is 0 Å². The first-order valence-corrected chi connectivity index (χ1v) is 10.8. The van der Waals surface area contributed by atoms with Gasteiger partial charge in [0.05, 0.1) is 6.10 Å². The molecule has 2 aliphatic carbocycles. The Morgan fingerprint density at radius 3 is 2.26 bits per heavy atom. The molecule has 0 aromatic rings. The van der Waals surface area contributed by atoms with E-state index in [1.807, 2.05) is 0 Å². The van der Waals surface area contributed by atoms with Crippen molar-refractivity contribution in [3.8, 4) is 0 Å². The van der Waals surface area contributed by atoms with Crippen molar-refractivity contribution in [1.82, 2.24) is 0 Å². The Morgan fingerprint density at radius 2 is 1.74 bits per heavy atom. The summed E-state index contributed by atoms with van der Waals surface area (Å²) in [5.41, 5.74) is 0.00524. The maximum Gasteiger partial charge on any atom is 0.192 e. The highest BCUT2D eigenvalue weighted by molar-refractivity contribution is 6.74. The zero-order chi connectivity index (χ0) is 14.3. The molecule has 0 aromatic carbocycles. The Hall–Kier alpha value is -0.153. The van der Waals surface area contributed by atoms with Gasteiger partial charge in [-0.3, -0.25) is 4.79 Å². The molecule has 0 aliphatic heterocycles. The number of hydrogen-bond donors (Lipinski definition) is 0. The molecule has 0 unspecified atom stereocenters. The van der Waals surface area contributed by atoms with Gasteiger partial charge in [0.1, 0.15) is 5.78 Å². The van der Waals surface area contributed by atoms with Crippen molar-refractivity contribution in [2.45, 2.75) is 90.0 Å². The van der Waals surface area contributed by atoms with E-state index in [9.17, 15) is 4.79 Å². The van der Waals surface area contributed by atoms with E-state index in [-0.39, 0.29) is 16.6 Å². The van der Waals surface area contributed by atoms with Crippen LogP contribution < -0.4 is 0 Å². The third kappa shape index (κ3) is 2.97. The number of hydrogen-bond acceptors (Lipinski definition) is 2. The highest BCUT2D eigenvalue weighted by atomic mass is 28.4. The summed E-state index contributed by atoms with van der Waals surface area (Å²) in [6.07, 6.45) is 7.88. The number of carbonyl (C=O) groups excluding carboxylic acids is 1. The van der Waals surface area contributed by atoms with Gasteiger partial charge >= 0.3 is 0 Å². The molecule has 19 heavy (non-hydrogen) atoms. The maximum atomic E-state index is 12.4. The van der Waals surface area contributed by atoms with Crippen LogP contribution in [0.25, 0.3) is 0 Å². The molecule has 2 rings (SSSR count). The summed E-state index contributed by atoms with van der Waals surface area (Å²) in [6.45, 7) is 11.4. The van der Waals surface area contributed by atoms with Gasteiger partial charge < -0.3 is 4.43 Å². The highest BCUT2D eigenvalue weighted by Gasteiger charge is 2.49. The molecule has 2 aliphatic rings. The zero-order valence-corrected chi connectivity index (χ0v) is 14.3. The van der Waals surface area contributed by atoms with Crippen molar-refractivity contribution in [2.75, 3.05) is 0 Å². The first-order valence-electron chi connectivity index (χ1n) is 7.87. The zero-order valence-electron chi connectivity index (χ0n) is 13.3. The third-order valence-electron chi connectivity index (χ3n) is 5.70. The summed E-state index contributed by atoms with van der Waals surface area (Å²) >= 11 is 0. The average molecular weight is 282 g/mol. The van der Waals surface area contributed by atoms with E-state index in [0.29, 0.717) is 12.2 Å². The minimum Gasteiger partial charge on any atom is -0.413 e. The molecular weight excluding hydrogens is 252 g/mol. The number of ketones is 1. The van der Waals surface area contributed by atoms with Gasteiger partial charge in [-0.15, -0.1) is 0 Å². The Kier molecular flexibility index (Phi) is 4.01. The molecule has 0 bridgehead atoms. The van der Waals surface area contributed by atoms with Crippen molar-refractivity contribution in [1.29, 1.82) is 0 Å². The molecule has 2 saturated carbocycles. The van der Waals surface area contributed by atoms with Crippen LogP contribution in [0, 0.1) is 5.41 Å². The van der Waals surface area contributed by atoms with E-state index >= 15 is 0 Å². The predicted octanol–water partition coefficient (Wildman–Crippen LogP) is 4.69. The van der Waals surface area contributed by atoms with E-state index in [0.717, 1.165) is 19.3 Å². The quantitative estimate of drug-likeness (QED) is 0.687. The first kappa shape index (κ1) is 15.2. The third-order valence-corrected chi connectivity index (χ3v) is 10.2. The molecule has 1 atom stereocenters. The molecule has 0 saturated heterocycles. The Bertz CT molecular complexity index is 348. The van der Waals surface area contributed by atoms with Crippen LogP contribution >= 0.6 is 0 Å². The summed E-state index contributed by atoms with van der Waals surface area (Å²) in [5, 5.41) is 0.234. The second-order valence-corrected chi connectivity index (χ2v) is 12.9. The van der Waals surface area contributed by atoms with Crippen LogP contribution in [0.2, 0.25) is 18.1 Å². The summed E-state index contributed by atoms with van der Waals surface area (Å²) in [4.78, 5) is 12.4. The van der Waals surface area contributed by atoms with Crippen LogP contribution in [0.3, 0.4) is 0 Å².